The van der Waals surface area contributed by atoms with Crippen LogP contribution in [0.25, 0.3) is 0 Å². The van der Waals surface area contributed by atoms with Gasteiger partial charge < -0.3 is 5.73 Å². The van der Waals surface area contributed by atoms with Gasteiger partial charge in [-0.05, 0) is 32.3 Å². The summed E-state index contributed by atoms with van der Waals surface area (Å²) < 4.78 is 0. The maximum atomic E-state index is 10.7. The van der Waals surface area contributed by atoms with Crippen LogP contribution in [0.5, 0.6) is 0 Å². The molecular weight excluding hydrogens is 254 g/mol. The Bertz CT molecular complexity index is 461. The van der Waals surface area contributed by atoms with Gasteiger partial charge in [0.15, 0.2) is 0 Å². The molecule has 1 aliphatic rings. The van der Waals surface area contributed by atoms with Gasteiger partial charge in [0.2, 0.25) is 0 Å². The van der Waals surface area contributed by atoms with Gasteiger partial charge >= 0.3 is 0 Å². The second-order valence-electron chi connectivity index (χ2n) is 5.64. The first kappa shape index (κ1) is 14.9. The summed E-state index contributed by atoms with van der Waals surface area (Å²) in [5, 5.41) is 10.7. The average Bonchev–Trinajstić information content (AvgIpc) is 2.46. The van der Waals surface area contributed by atoms with Gasteiger partial charge in [-0.2, -0.15) is 0 Å². The number of non-ortho nitro benzene ring substituents is 1. The lowest BCUT2D eigenvalue weighted by Gasteiger charge is -2.44. The van der Waals surface area contributed by atoms with E-state index in [1.54, 1.807) is 12.1 Å². The zero-order valence-corrected chi connectivity index (χ0v) is 12.2. The molecule has 1 aromatic carbocycles. The standard InChI is InChI=1S/C15H23N3O2/c1-11-4-3-5-15(10-16)17(11)12(2)13-6-8-14(9-7-13)18(19)20/h6-9,11-12,15H,3-5,10,16H2,1-2H3. The lowest BCUT2D eigenvalue weighted by atomic mass is 9.92. The van der Waals surface area contributed by atoms with Crippen molar-refractivity contribution in [1.82, 2.24) is 4.90 Å². The Labute approximate surface area is 119 Å². The Morgan fingerprint density at radius 2 is 2.05 bits per heavy atom. The summed E-state index contributed by atoms with van der Waals surface area (Å²) in [4.78, 5) is 12.8. The molecule has 0 bridgehead atoms. The number of rotatable bonds is 4. The van der Waals surface area contributed by atoms with Gasteiger partial charge in [-0.15, -0.1) is 0 Å². The highest BCUT2D eigenvalue weighted by Crippen LogP contribution is 2.32. The summed E-state index contributed by atoms with van der Waals surface area (Å²) in [7, 11) is 0. The van der Waals surface area contributed by atoms with E-state index in [4.69, 9.17) is 5.73 Å². The molecule has 0 radical (unpaired) electrons. The molecule has 20 heavy (non-hydrogen) atoms. The second kappa shape index (κ2) is 6.33. The van der Waals surface area contributed by atoms with E-state index < -0.39 is 0 Å². The smallest absolute Gasteiger partial charge is 0.269 e. The Balaban J connectivity index is 2.19. The van der Waals surface area contributed by atoms with E-state index in [9.17, 15) is 10.1 Å². The first-order valence-corrected chi connectivity index (χ1v) is 7.26. The molecule has 0 saturated carbocycles. The van der Waals surface area contributed by atoms with Crippen molar-refractivity contribution in [3.05, 3.63) is 39.9 Å². The largest absolute Gasteiger partial charge is 0.329 e. The van der Waals surface area contributed by atoms with E-state index in [-0.39, 0.29) is 16.7 Å². The van der Waals surface area contributed by atoms with Crippen LogP contribution in [-0.4, -0.2) is 28.5 Å². The Morgan fingerprint density at radius 3 is 2.60 bits per heavy atom. The maximum Gasteiger partial charge on any atom is 0.269 e. The number of hydrogen-bond acceptors (Lipinski definition) is 4. The van der Waals surface area contributed by atoms with Crippen LogP contribution < -0.4 is 5.73 Å². The molecule has 0 aliphatic carbocycles. The average molecular weight is 277 g/mol. The van der Waals surface area contributed by atoms with Crippen LogP contribution in [-0.2, 0) is 0 Å². The van der Waals surface area contributed by atoms with Crippen LogP contribution in [0, 0.1) is 10.1 Å². The van der Waals surface area contributed by atoms with Gasteiger partial charge in [-0.25, -0.2) is 0 Å². The van der Waals surface area contributed by atoms with Crippen LogP contribution >= 0.6 is 0 Å². The molecule has 1 fully saturated rings. The summed E-state index contributed by atoms with van der Waals surface area (Å²) in [6.45, 7) is 5.07. The van der Waals surface area contributed by atoms with Crippen molar-refractivity contribution in [2.24, 2.45) is 5.73 Å². The number of nitrogens with zero attached hydrogens (tertiary/aromatic N) is 2. The summed E-state index contributed by atoms with van der Waals surface area (Å²) in [5.41, 5.74) is 7.16. The lowest BCUT2D eigenvalue weighted by Crippen LogP contribution is -2.49. The van der Waals surface area contributed by atoms with Crippen LogP contribution in [0.15, 0.2) is 24.3 Å². The minimum atomic E-state index is -0.360. The first-order chi connectivity index (χ1) is 9.54. The molecule has 3 atom stereocenters. The van der Waals surface area contributed by atoms with Crippen molar-refractivity contribution in [3.63, 3.8) is 0 Å². The number of nitrogens with two attached hydrogens (primary N) is 1. The van der Waals surface area contributed by atoms with E-state index in [0.717, 1.165) is 12.0 Å². The molecular formula is C15H23N3O2. The third kappa shape index (κ3) is 2.99. The van der Waals surface area contributed by atoms with Gasteiger partial charge in [-0.1, -0.05) is 18.6 Å². The van der Waals surface area contributed by atoms with Crippen molar-refractivity contribution >= 4 is 5.69 Å². The zero-order valence-electron chi connectivity index (χ0n) is 12.2. The van der Waals surface area contributed by atoms with Crippen LogP contribution in [0.2, 0.25) is 0 Å². The van der Waals surface area contributed by atoms with Gasteiger partial charge in [0.05, 0.1) is 4.92 Å². The van der Waals surface area contributed by atoms with Gasteiger partial charge in [0, 0.05) is 36.8 Å². The van der Waals surface area contributed by atoms with Crippen molar-refractivity contribution in [3.8, 4) is 0 Å². The number of nitro benzene ring substituents is 1. The molecule has 1 saturated heterocycles. The highest BCUT2D eigenvalue weighted by Gasteiger charge is 2.31. The van der Waals surface area contributed by atoms with Crippen LogP contribution in [0.1, 0.15) is 44.7 Å². The highest BCUT2D eigenvalue weighted by molar-refractivity contribution is 5.34. The molecule has 1 aromatic rings. The monoisotopic (exact) mass is 277 g/mol. The number of piperidine rings is 1. The highest BCUT2D eigenvalue weighted by atomic mass is 16.6. The first-order valence-electron chi connectivity index (χ1n) is 7.26. The van der Waals surface area contributed by atoms with E-state index in [1.165, 1.54) is 12.8 Å². The molecule has 5 nitrogen and oxygen atoms in total. The number of benzene rings is 1. The third-order valence-electron chi connectivity index (χ3n) is 4.40. The molecule has 110 valence electrons. The van der Waals surface area contributed by atoms with Crippen LogP contribution in [0.3, 0.4) is 0 Å². The molecule has 2 N–H and O–H groups in total. The number of nitro groups is 1. The van der Waals surface area contributed by atoms with E-state index in [1.807, 2.05) is 12.1 Å². The van der Waals surface area contributed by atoms with Gasteiger partial charge in [0.25, 0.3) is 5.69 Å². The molecule has 5 heteroatoms. The van der Waals surface area contributed by atoms with Crippen LogP contribution in [0.4, 0.5) is 5.69 Å². The minimum Gasteiger partial charge on any atom is -0.329 e. The molecule has 2 rings (SSSR count). The summed E-state index contributed by atoms with van der Waals surface area (Å²) in [5.74, 6) is 0. The minimum absolute atomic E-state index is 0.142. The van der Waals surface area contributed by atoms with Crippen molar-refractivity contribution in [1.29, 1.82) is 0 Å². The Kier molecular flexibility index (Phi) is 4.73. The molecule has 0 spiro atoms. The molecule has 0 aromatic heterocycles. The van der Waals surface area contributed by atoms with Gasteiger partial charge in [-0.3, -0.25) is 15.0 Å². The number of hydrogen-bond donors (Lipinski definition) is 1. The predicted molar refractivity (Wildman–Crippen MR) is 79.5 cm³/mol. The summed E-state index contributed by atoms with van der Waals surface area (Å²) in [6, 6.07) is 8.02. The lowest BCUT2D eigenvalue weighted by molar-refractivity contribution is -0.384. The van der Waals surface area contributed by atoms with Crippen molar-refractivity contribution in [2.45, 2.75) is 51.2 Å². The SMILES string of the molecule is CC1CCCC(CN)N1C(C)c1ccc([N+](=O)[O-])cc1. The summed E-state index contributed by atoms with van der Waals surface area (Å²) in [6.07, 6.45) is 3.55. The number of likely N-dealkylation sites (tertiary alicyclic amines) is 1. The molecule has 3 unspecified atom stereocenters. The zero-order chi connectivity index (χ0) is 14.7. The fourth-order valence-electron chi connectivity index (χ4n) is 3.29. The summed E-state index contributed by atoms with van der Waals surface area (Å²) >= 11 is 0. The Morgan fingerprint density at radius 1 is 1.40 bits per heavy atom. The molecule has 1 aliphatic heterocycles. The van der Waals surface area contributed by atoms with Crippen molar-refractivity contribution < 1.29 is 4.92 Å². The predicted octanol–water partition coefficient (Wildman–Crippen LogP) is 2.86. The van der Waals surface area contributed by atoms with E-state index in [2.05, 4.69) is 18.7 Å². The molecule has 1 heterocycles. The topological polar surface area (TPSA) is 72.4 Å². The van der Waals surface area contributed by atoms with Crippen molar-refractivity contribution in [2.75, 3.05) is 6.54 Å². The molecule has 0 amide bonds. The fourth-order valence-corrected chi connectivity index (χ4v) is 3.29. The Hall–Kier alpha value is -1.46. The fraction of sp³-hybridized carbons (Fsp3) is 0.600. The normalized spacial score (nSPS) is 25.4. The van der Waals surface area contributed by atoms with E-state index >= 15 is 0 Å². The quantitative estimate of drug-likeness (QED) is 0.678. The van der Waals surface area contributed by atoms with E-state index in [0.29, 0.717) is 18.6 Å². The maximum absolute atomic E-state index is 10.7. The third-order valence-corrected chi connectivity index (χ3v) is 4.40. The van der Waals surface area contributed by atoms with Gasteiger partial charge in [0.1, 0.15) is 0 Å². The second-order valence-corrected chi connectivity index (χ2v) is 5.64.